The van der Waals surface area contributed by atoms with Crippen molar-refractivity contribution in [3.8, 4) is 5.75 Å². The highest BCUT2D eigenvalue weighted by Crippen LogP contribution is 2.33. The van der Waals surface area contributed by atoms with Crippen LogP contribution in [0.15, 0.2) is 41.8 Å². The first-order valence-corrected chi connectivity index (χ1v) is 8.15. The Labute approximate surface area is 132 Å². The third-order valence-electron chi connectivity index (χ3n) is 3.73. The van der Waals surface area contributed by atoms with Crippen LogP contribution in [0.25, 0.3) is 0 Å². The lowest BCUT2D eigenvalue weighted by molar-refractivity contribution is -0.0499. The van der Waals surface area contributed by atoms with Gasteiger partial charge in [-0.05, 0) is 29.1 Å². The Kier molecular flexibility index (Phi) is 5.02. The number of benzene rings is 1. The maximum absolute atomic E-state index is 12.4. The fourth-order valence-electron chi connectivity index (χ4n) is 2.80. The Morgan fingerprint density at radius 3 is 2.64 bits per heavy atom. The van der Waals surface area contributed by atoms with Crippen molar-refractivity contribution < 1.29 is 13.5 Å². The first-order chi connectivity index (χ1) is 10.7. The predicted octanol–water partition coefficient (Wildman–Crippen LogP) is 3.34. The van der Waals surface area contributed by atoms with Crippen molar-refractivity contribution in [1.82, 2.24) is 10.2 Å². The molecule has 0 amide bonds. The number of hydrogen-bond acceptors (Lipinski definition) is 4. The van der Waals surface area contributed by atoms with Gasteiger partial charge in [-0.1, -0.05) is 18.2 Å². The van der Waals surface area contributed by atoms with Gasteiger partial charge in [0.15, 0.2) is 0 Å². The molecule has 118 valence electrons. The molecule has 0 aliphatic carbocycles. The van der Waals surface area contributed by atoms with E-state index in [2.05, 4.69) is 21.0 Å². The number of hydrogen-bond donors (Lipinski definition) is 1. The molecule has 1 aliphatic heterocycles. The summed E-state index contributed by atoms with van der Waals surface area (Å²) in [6.45, 7) is 0.949. The zero-order chi connectivity index (χ0) is 15.4. The molecule has 1 aromatic carbocycles. The molecule has 6 heteroatoms. The molecule has 22 heavy (non-hydrogen) atoms. The number of nitrogens with one attached hydrogen (secondary N) is 1. The number of thiophene rings is 1. The van der Waals surface area contributed by atoms with Gasteiger partial charge in [0, 0.05) is 31.1 Å². The van der Waals surface area contributed by atoms with E-state index >= 15 is 0 Å². The van der Waals surface area contributed by atoms with Gasteiger partial charge in [0.05, 0.1) is 6.04 Å². The van der Waals surface area contributed by atoms with Crippen LogP contribution in [0.2, 0.25) is 0 Å². The number of alkyl halides is 2. The van der Waals surface area contributed by atoms with E-state index in [4.69, 9.17) is 0 Å². The molecule has 1 atom stereocenters. The average molecular weight is 324 g/mol. The van der Waals surface area contributed by atoms with Gasteiger partial charge in [-0.2, -0.15) is 8.78 Å². The highest BCUT2D eigenvalue weighted by molar-refractivity contribution is 7.10. The van der Waals surface area contributed by atoms with Crippen molar-refractivity contribution in [2.24, 2.45) is 0 Å². The molecule has 2 heterocycles. The molecule has 1 saturated heterocycles. The summed E-state index contributed by atoms with van der Waals surface area (Å²) in [4.78, 5) is 3.60. The Bertz CT molecular complexity index is 586. The zero-order valence-electron chi connectivity index (χ0n) is 12.0. The van der Waals surface area contributed by atoms with Crippen LogP contribution in [-0.2, 0) is 0 Å². The largest absolute Gasteiger partial charge is 0.435 e. The minimum absolute atomic E-state index is 0.0864. The molecule has 2 aromatic rings. The molecular weight excluding hydrogens is 306 g/mol. The molecule has 1 fully saturated rings. The van der Waals surface area contributed by atoms with Crippen LogP contribution in [0, 0.1) is 0 Å². The van der Waals surface area contributed by atoms with E-state index in [0.29, 0.717) is 0 Å². The third kappa shape index (κ3) is 3.63. The van der Waals surface area contributed by atoms with E-state index in [1.807, 2.05) is 17.5 Å². The number of piperazine rings is 1. The van der Waals surface area contributed by atoms with E-state index in [-0.39, 0.29) is 11.8 Å². The Morgan fingerprint density at radius 2 is 1.95 bits per heavy atom. The first-order valence-electron chi connectivity index (χ1n) is 7.27. The lowest BCUT2D eigenvalue weighted by Gasteiger charge is -2.34. The summed E-state index contributed by atoms with van der Waals surface area (Å²) in [7, 11) is 0. The van der Waals surface area contributed by atoms with Gasteiger partial charge in [-0.25, -0.2) is 0 Å². The number of halogens is 2. The van der Waals surface area contributed by atoms with Gasteiger partial charge in [0.1, 0.15) is 5.75 Å². The van der Waals surface area contributed by atoms with Crippen LogP contribution in [0.5, 0.6) is 5.75 Å². The van der Waals surface area contributed by atoms with Crippen molar-refractivity contribution in [3.63, 3.8) is 0 Å². The molecule has 1 aliphatic rings. The van der Waals surface area contributed by atoms with Crippen molar-refractivity contribution in [1.29, 1.82) is 0 Å². The van der Waals surface area contributed by atoms with Gasteiger partial charge in [-0.3, -0.25) is 4.90 Å². The maximum atomic E-state index is 12.4. The minimum atomic E-state index is -2.80. The van der Waals surface area contributed by atoms with Crippen LogP contribution < -0.4 is 10.1 Å². The van der Waals surface area contributed by atoms with Crippen molar-refractivity contribution in [2.45, 2.75) is 12.7 Å². The van der Waals surface area contributed by atoms with Crippen LogP contribution in [-0.4, -0.2) is 37.7 Å². The molecule has 0 saturated carbocycles. The second-order valence-corrected chi connectivity index (χ2v) is 6.13. The zero-order valence-corrected chi connectivity index (χ0v) is 12.9. The fraction of sp³-hybridized carbons (Fsp3) is 0.375. The molecule has 0 unspecified atom stereocenters. The SMILES string of the molecule is FC(F)Oc1cccc([C@H](c2cccs2)N2CCNCC2)c1. The molecule has 3 nitrogen and oxygen atoms in total. The summed E-state index contributed by atoms with van der Waals surface area (Å²) < 4.78 is 29.4. The highest BCUT2D eigenvalue weighted by atomic mass is 32.1. The summed E-state index contributed by atoms with van der Waals surface area (Å²) >= 11 is 1.69. The van der Waals surface area contributed by atoms with E-state index in [0.717, 1.165) is 31.7 Å². The van der Waals surface area contributed by atoms with Crippen LogP contribution in [0.4, 0.5) is 8.78 Å². The summed E-state index contributed by atoms with van der Waals surface area (Å²) in [5.74, 6) is 0.212. The van der Waals surface area contributed by atoms with E-state index in [9.17, 15) is 8.78 Å². The Morgan fingerprint density at radius 1 is 1.14 bits per heavy atom. The van der Waals surface area contributed by atoms with E-state index in [1.54, 1.807) is 29.5 Å². The quantitative estimate of drug-likeness (QED) is 0.913. The summed E-state index contributed by atoms with van der Waals surface area (Å²) in [6, 6.07) is 11.2. The number of nitrogens with zero attached hydrogens (tertiary/aromatic N) is 1. The second-order valence-electron chi connectivity index (χ2n) is 5.15. The molecule has 0 spiro atoms. The Hall–Kier alpha value is -1.50. The van der Waals surface area contributed by atoms with E-state index < -0.39 is 6.61 Å². The molecule has 0 radical (unpaired) electrons. The Balaban J connectivity index is 1.91. The fourth-order valence-corrected chi connectivity index (χ4v) is 3.69. The van der Waals surface area contributed by atoms with Gasteiger partial charge < -0.3 is 10.1 Å². The smallest absolute Gasteiger partial charge is 0.387 e. The molecular formula is C16H18F2N2OS. The maximum Gasteiger partial charge on any atom is 0.387 e. The van der Waals surface area contributed by atoms with E-state index in [1.165, 1.54) is 4.88 Å². The molecule has 3 rings (SSSR count). The van der Waals surface area contributed by atoms with Gasteiger partial charge >= 0.3 is 6.61 Å². The summed E-state index contributed by atoms with van der Waals surface area (Å²) in [6.07, 6.45) is 0. The van der Waals surface area contributed by atoms with Gasteiger partial charge in [-0.15, -0.1) is 11.3 Å². The summed E-state index contributed by atoms with van der Waals surface area (Å²) in [5, 5.41) is 5.39. The normalized spacial score (nSPS) is 17.6. The predicted molar refractivity (Wildman–Crippen MR) is 83.7 cm³/mol. The summed E-state index contributed by atoms with van der Waals surface area (Å²) in [5.41, 5.74) is 0.988. The van der Waals surface area contributed by atoms with Gasteiger partial charge in [0.2, 0.25) is 0 Å². The van der Waals surface area contributed by atoms with Crippen LogP contribution in [0.1, 0.15) is 16.5 Å². The lowest BCUT2D eigenvalue weighted by atomic mass is 10.0. The molecule has 1 aromatic heterocycles. The number of ether oxygens (including phenoxy) is 1. The van der Waals surface area contributed by atoms with Crippen LogP contribution in [0.3, 0.4) is 0 Å². The van der Waals surface area contributed by atoms with Crippen LogP contribution >= 0.6 is 11.3 Å². The average Bonchev–Trinajstić information content (AvgIpc) is 3.02. The minimum Gasteiger partial charge on any atom is -0.435 e. The van der Waals surface area contributed by atoms with Crippen molar-refractivity contribution in [2.75, 3.05) is 26.2 Å². The molecule has 1 N–H and O–H groups in total. The first kappa shape index (κ1) is 15.4. The standard InChI is InChI=1S/C16H18F2N2OS/c17-16(18)21-13-4-1-3-12(11-13)15(14-5-2-10-22-14)20-8-6-19-7-9-20/h1-5,10-11,15-16,19H,6-9H2/t15-/m1/s1. The highest BCUT2D eigenvalue weighted by Gasteiger charge is 2.25. The number of rotatable bonds is 5. The topological polar surface area (TPSA) is 24.5 Å². The molecule has 0 bridgehead atoms. The van der Waals surface area contributed by atoms with Crippen molar-refractivity contribution >= 4 is 11.3 Å². The second kappa shape index (κ2) is 7.17. The monoisotopic (exact) mass is 324 g/mol. The van der Waals surface area contributed by atoms with Gasteiger partial charge in [0.25, 0.3) is 0 Å². The lowest BCUT2D eigenvalue weighted by Crippen LogP contribution is -2.45. The third-order valence-corrected chi connectivity index (χ3v) is 4.65. The van der Waals surface area contributed by atoms with Crippen molar-refractivity contribution in [3.05, 3.63) is 52.2 Å².